The highest BCUT2D eigenvalue weighted by molar-refractivity contribution is 8.16. The van der Waals surface area contributed by atoms with Gasteiger partial charge in [-0.25, -0.2) is 9.19 Å². The molecule has 0 amide bonds. The number of piperazine rings is 1. The lowest BCUT2D eigenvalue weighted by atomic mass is 10.1. The van der Waals surface area contributed by atoms with E-state index in [-0.39, 0.29) is 5.63 Å². The van der Waals surface area contributed by atoms with Gasteiger partial charge in [0.25, 0.3) is 0 Å². The predicted octanol–water partition coefficient (Wildman–Crippen LogP) is 3.90. The monoisotopic (exact) mass is 451 g/mol. The normalized spacial score (nSPS) is 21.7. The van der Waals surface area contributed by atoms with E-state index in [1.807, 2.05) is 31.3 Å². The Balaban J connectivity index is 1.09. The number of fused-ring (bicyclic) bond motifs is 2. The van der Waals surface area contributed by atoms with E-state index in [4.69, 9.17) is 13.6 Å². The van der Waals surface area contributed by atoms with Crippen molar-refractivity contribution >= 4 is 28.3 Å². The Labute approximate surface area is 190 Å². The van der Waals surface area contributed by atoms with Gasteiger partial charge in [0.05, 0.1) is 12.0 Å². The van der Waals surface area contributed by atoms with E-state index < -0.39 is 11.1 Å². The van der Waals surface area contributed by atoms with E-state index in [9.17, 15) is 4.79 Å². The number of aryl methyl sites for hydroxylation is 1. The fourth-order valence-corrected chi connectivity index (χ4v) is 6.61. The van der Waals surface area contributed by atoms with Crippen LogP contribution in [0.5, 0.6) is 5.75 Å². The number of hydrogen-bond acceptors (Lipinski definition) is 6. The standard InChI is InChI=1S/C25H29N3O3S/c1-18-14-25(29)31-22-15-20(8-9-21(18)22)30-13-5-4-11-28-12-10-26-24(17-28)32-23-7-3-2-6-19(23)16-27-32/h2-3,6-9,14-16,24,26,32H,4-5,10-13,17H2,1H3. The first-order valence-electron chi connectivity index (χ1n) is 11.2. The summed E-state index contributed by atoms with van der Waals surface area (Å²) < 4.78 is 16.1. The van der Waals surface area contributed by atoms with Crippen LogP contribution in [-0.4, -0.2) is 49.3 Å². The summed E-state index contributed by atoms with van der Waals surface area (Å²) in [5.41, 5.74) is 2.45. The van der Waals surface area contributed by atoms with Crippen molar-refractivity contribution in [1.82, 2.24) is 10.2 Å². The Hall–Kier alpha value is -2.61. The molecule has 0 bridgehead atoms. The fraction of sp³-hybridized carbons (Fsp3) is 0.360. The second kappa shape index (κ2) is 9.48. The highest BCUT2D eigenvalue weighted by Crippen LogP contribution is 2.47. The predicted molar refractivity (Wildman–Crippen MR) is 131 cm³/mol. The van der Waals surface area contributed by atoms with Gasteiger partial charge in [-0.05, 0) is 50.1 Å². The zero-order valence-electron chi connectivity index (χ0n) is 18.3. The summed E-state index contributed by atoms with van der Waals surface area (Å²) in [6, 6.07) is 15.8. The first-order chi connectivity index (χ1) is 15.7. The van der Waals surface area contributed by atoms with Crippen LogP contribution >= 0.6 is 11.1 Å². The minimum absolute atomic E-state index is 0.324. The number of thiol groups is 1. The Kier molecular flexibility index (Phi) is 6.30. The summed E-state index contributed by atoms with van der Waals surface area (Å²) in [5, 5.41) is 5.06. The maximum atomic E-state index is 11.6. The Morgan fingerprint density at radius 3 is 3.06 bits per heavy atom. The summed E-state index contributed by atoms with van der Waals surface area (Å²) >= 11 is -0.516. The molecule has 2 aromatic carbocycles. The first-order valence-corrected chi connectivity index (χ1v) is 12.6. The maximum absolute atomic E-state index is 11.6. The molecule has 2 aliphatic rings. The van der Waals surface area contributed by atoms with Crippen molar-refractivity contribution in [2.24, 2.45) is 4.40 Å². The van der Waals surface area contributed by atoms with Crippen molar-refractivity contribution in [3.63, 3.8) is 0 Å². The molecule has 0 radical (unpaired) electrons. The molecular weight excluding hydrogens is 422 g/mol. The molecule has 0 aliphatic carbocycles. The molecule has 1 saturated heterocycles. The molecular formula is C25H29N3O3S. The van der Waals surface area contributed by atoms with Crippen molar-refractivity contribution in [1.29, 1.82) is 0 Å². The lowest BCUT2D eigenvalue weighted by Crippen LogP contribution is -2.50. The Morgan fingerprint density at radius 2 is 2.12 bits per heavy atom. The van der Waals surface area contributed by atoms with Gasteiger partial charge in [-0.3, -0.25) is 4.90 Å². The van der Waals surface area contributed by atoms with Crippen LogP contribution in [0.2, 0.25) is 0 Å². The molecule has 2 unspecified atom stereocenters. The fourth-order valence-electron chi connectivity index (χ4n) is 4.42. The van der Waals surface area contributed by atoms with Crippen LogP contribution in [0.1, 0.15) is 24.0 Å². The third-order valence-electron chi connectivity index (χ3n) is 6.10. The second-order valence-corrected chi connectivity index (χ2v) is 10.4. The topological polar surface area (TPSA) is 67.1 Å². The van der Waals surface area contributed by atoms with E-state index in [0.29, 0.717) is 17.6 Å². The number of ether oxygens (including phenoxy) is 1. The molecule has 1 fully saturated rings. The van der Waals surface area contributed by atoms with Gasteiger partial charge in [0, 0.05) is 53.8 Å². The summed E-state index contributed by atoms with van der Waals surface area (Å²) in [6.45, 7) is 6.78. The average Bonchev–Trinajstić information content (AvgIpc) is 3.23. The van der Waals surface area contributed by atoms with E-state index >= 15 is 0 Å². The van der Waals surface area contributed by atoms with Gasteiger partial charge in [-0.1, -0.05) is 18.2 Å². The number of hydrogen-bond donors (Lipinski definition) is 2. The van der Waals surface area contributed by atoms with Crippen molar-refractivity contribution < 1.29 is 9.15 Å². The minimum atomic E-state index is -0.516. The minimum Gasteiger partial charge on any atom is -0.493 e. The number of benzene rings is 2. The summed E-state index contributed by atoms with van der Waals surface area (Å²) in [7, 11) is 0. The maximum Gasteiger partial charge on any atom is 0.336 e. The Bertz CT molecular complexity index is 1190. The van der Waals surface area contributed by atoms with Gasteiger partial charge in [-0.15, -0.1) is 11.1 Å². The second-order valence-electron chi connectivity index (χ2n) is 8.38. The van der Waals surface area contributed by atoms with E-state index in [0.717, 1.165) is 55.7 Å². The van der Waals surface area contributed by atoms with Crippen molar-refractivity contribution in [3.05, 3.63) is 70.1 Å². The molecule has 2 atom stereocenters. The molecule has 5 rings (SSSR count). The van der Waals surface area contributed by atoms with Crippen LogP contribution in [-0.2, 0) is 0 Å². The highest BCUT2D eigenvalue weighted by atomic mass is 32.2. The van der Waals surface area contributed by atoms with Gasteiger partial charge in [0.2, 0.25) is 0 Å². The molecule has 32 heavy (non-hydrogen) atoms. The summed E-state index contributed by atoms with van der Waals surface area (Å²) in [4.78, 5) is 15.6. The third-order valence-corrected chi connectivity index (χ3v) is 8.30. The molecule has 0 spiro atoms. The van der Waals surface area contributed by atoms with Crippen molar-refractivity contribution in [2.45, 2.75) is 30.0 Å². The summed E-state index contributed by atoms with van der Waals surface area (Å²) in [5.74, 6) is 0.744. The molecule has 0 saturated carbocycles. The first kappa shape index (κ1) is 21.2. The molecule has 2 aliphatic heterocycles. The number of nitrogens with zero attached hydrogens (tertiary/aromatic N) is 2. The third kappa shape index (κ3) is 4.60. The number of unbranched alkanes of at least 4 members (excludes halogenated alkanes) is 1. The van der Waals surface area contributed by atoms with Crippen LogP contribution in [0.3, 0.4) is 0 Å². The molecule has 1 N–H and O–H groups in total. The molecule has 1 aromatic heterocycles. The van der Waals surface area contributed by atoms with Gasteiger partial charge >= 0.3 is 5.63 Å². The summed E-state index contributed by atoms with van der Waals surface area (Å²) in [6.07, 6.45) is 4.12. The van der Waals surface area contributed by atoms with Crippen molar-refractivity contribution in [3.8, 4) is 5.75 Å². The van der Waals surface area contributed by atoms with Gasteiger partial charge < -0.3 is 14.5 Å². The van der Waals surface area contributed by atoms with Crippen LogP contribution < -0.4 is 15.7 Å². The lowest BCUT2D eigenvalue weighted by Gasteiger charge is -2.37. The van der Waals surface area contributed by atoms with Crippen LogP contribution in [0.4, 0.5) is 0 Å². The lowest BCUT2D eigenvalue weighted by molar-refractivity contribution is 0.217. The largest absolute Gasteiger partial charge is 0.493 e. The van der Waals surface area contributed by atoms with E-state index in [2.05, 4.69) is 34.5 Å². The quantitative estimate of drug-likeness (QED) is 0.324. The van der Waals surface area contributed by atoms with Crippen LogP contribution in [0.15, 0.2) is 67.0 Å². The SMILES string of the molecule is Cc1cc(=O)oc2cc(OCCCCN3CCNC([SH]4N=Cc5ccccc54)C3)ccc12. The van der Waals surface area contributed by atoms with Gasteiger partial charge in [-0.2, -0.15) is 0 Å². The van der Waals surface area contributed by atoms with Gasteiger partial charge in [0.15, 0.2) is 0 Å². The smallest absolute Gasteiger partial charge is 0.336 e. The van der Waals surface area contributed by atoms with E-state index in [1.54, 1.807) is 0 Å². The number of nitrogens with one attached hydrogen (secondary N) is 1. The zero-order chi connectivity index (χ0) is 21.9. The Morgan fingerprint density at radius 1 is 1.22 bits per heavy atom. The zero-order valence-corrected chi connectivity index (χ0v) is 19.2. The molecule has 3 aromatic rings. The van der Waals surface area contributed by atoms with Crippen molar-refractivity contribution in [2.75, 3.05) is 32.8 Å². The average molecular weight is 452 g/mol. The van der Waals surface area contributed by atoms with E-state index in [1.165, 1.54) is 16.5 Å². The van der Waals surface area contributed by atoms with Gasteiger partial charge in [0.1, 0.15) is 11.3 Å². The number of rotatable bonds is 7. The molecule has 6 nitrogen and oxygen atoms in total. The highest BCUT2D eigenvalue weighted by Gasteiger charge is 2.28. The molecule has 168 valence electrons. The van der Waals surface area contributed by atoms with Crippen LogP contribution in [0.25, 0.3) is 11.0 Å². The molecule has 7 heteroatoms. The van der Waals surface area contributed by atoms with Crippen LogP contribution in [0, 0.1) is 6.92 Å². The molecule has 3 heterocycles.